The predicted molar refractivity (Wildman–Crippen MR) is 177 cm³/mol. The molecule has 0 aliphatic rings. The highest BCUT2D eigenvalue weighted by Gasteiger charge is 2.26. The maximum atomic E-state index is 13.6. The van der Waals surface area contributed by atoms with Gasteiger partial charge in [-0.15, -0.1) is 0 Å². The third kappa shape index (κ3) is 9.53. The summed E-state index contributed by atoms with van der Waals surface area (Å²) >= 11 is 0. The standard InChI is InChI=1S/C37H40N4O5/c1-25-12-11-17-30(18-25)21-38-34(42)31-19-26(2)33(27(3)20-31)35(43)40-32(36(44)46-24-29-15-9-6-10-16-29)22-39-37(45)41(4)23-28-13-7-5-8-14-28/h5-20,32H,21-24H2,1-4H3,(H,38,42)(H,39,45)(H,40,43)/t32-/m0/s1. The molecular formula is C37H40N4O5. The van der Waals surface area contributed by atoms with Gasteiger partial charge in [-0.3, -0.25) is 9.59 Å². The Labute approximate surface area is 270 Å². The zero-order valence-corrected chi connectivity index (χ0v) is 26.6. The SMILES string of the molecule is Cc1cccc(CNC(=O)c2cc(C)c(C(=O)N[C@@H](CNC(=O)N(C)Cc3ccccc3)C(=O)OCc3ccccc3)c(C)c2)c1. The van der Waals surface area contributed by atoms with Crippen molar-refractivity contribution in [2.75, 3.05) is 13.6 Å². The Morgan fingerprint density at radius 1 is 0.717 bits per heavy atom. The van der Waals surface area contributed by atoms with Gasteiger partial charge in [0.1, 0.15) is 12.6 Å². The topological polar surface area (TPSA) is 117 Å². The zero-order chi connectivity index (χ0) is 33.1. The molecule has 4 amide bonds. The minimum atomic E-state index is -1.17. The first-order valence-corrected chi connectivity index (χ1v) is 15.1. The number of benzene rings is 4. The van der Waals surface area contributed by atoms with Gasteiger partial charge in [0.25, 0.3) is 11.8 Å². The van der Waals surface area contributed by atoms with Crippen LogP contribution in [0.3, 0.4) is 0 Å². The third-order valence-corrected chi connectivity index (χ3v) is 7.44. The second kappa shape index (κ2) is 16.0. The lowest BCUT2D eigenvalue weighted by molar-refractivity contribution is -0.147. The number of carbonyl (C=O) groups excluding carboxylic acids is 4. The minimum absolute atomic E-state index is 0.0122. The van der Waals surface area contributed by atoms with Gasteiger partial charge in [-0.2, -0.15) is 0 Å². The van der Waals surface area contributed by atoms with E-state index in [-0.39, 0.29) is 19.1 Å². The molecule has 238 valence electrons. The van der Waals surface area contributed by atoms with Crippen LogP contribution in [-0.2, 0) is 29.2 Å². The van der Waals surface area contributed by atoms with E-state index in [1.807, 2.05) is 91.9 Å². The van der Waals surface area contributed by atoms with Crippen molar-refractivity contribution >= 4 is 23.8 Å². The number of hydrogen-bond acceptors (Lipinski definition) is 5. The van der Waals surface area contributed by atoms with E-state index < -0.39 is 23.9 Å². The van der Waals surface area contributed by atoms with Crippen molar-refractivity contribution in [2.24, 2.45) is 0 Å². The number of nitrogens with one attached hydrogen (secondary N) is 3. The van der Waals surface area contributed by atoms with Crippen LogP contribution in [0.5, 0.6) is 0 Å². The molecule has 1 atom stereocenters. The third-order valence-electron chi connectivity index (χ3n) is 7.44. The van der Waals surface area contributed by atoms with Crippen molar-refractivity contribution in [2.45, 2.75) is 46.5 Å². The largest absolute Gasteiger partial charge is 0.459 e. The Morgan fingerprint density at radius 2 is 1.33 bits per heavy atom. The van der Waals surface area contributed by atoms with E-state index in [0.717, 1.165) is 22.3 Å². The molecule has 0 unspecified atom stereocenters. The van der Waals surface area contributed by atoms with E-state index in [0.29, 0.717) is 35.3 Å². The number of carbonyl (C=O) groups is 4. The summed E-state index contributed by atoms with van der Waals surface area (Å²) in [6, 6.07) is 28.3. The Bertz CT molecular complexity index is 1650. The van der Waals surface area contributed by atoms with Crippen molar-refractivity contribution in [3.05, 3.63) is 142 Å². The fourth-order valence-corrected chi connectivity index (χ4v) is 5.07. The molecule has 4 rings (SSSR count). The molecule has 4 aromatic carbocycles. The molecule has 0 aliphatic carbocycles. The molecule has 0 radical (unpaired) electrons. The lowest BCUT2D eigenvalue weighted by Gasteiger charge is -2.22. The molecule has 46 heavy (non-hydrogen) atoms. The van der Waals surface area contributed by atoms with E-state index in [1.165, 1.54) is 4.90 Å². The summed E-state index contributed by atoms with van der Waals surface area (Å²) in [5, 5.41) is 8.42. The van der Waals surface area contributed by atoms with Crippen LogP contribution in [0.4, 0.5) is 4.79 Å². The molecule has 0 saturated heterocycles. The van der Waals surface area contributed by atoms with Gasteiger partial charge in [0.2, 0.25) is 0 Å². The van der Waals surface area contributed by atoms with Gasteiger partial charge in [-0.05, 0) is 60.7 Å². The predicted octanol–water partition coefficient (Wildman–Crippen LogP) is 5.23. The van der Waals surface area contributed by atoms with Crippen LogP contribution < -0.4 is 16.0 Å². The second-order valence-electron chi connectivity index (χ2n) is 11.3. The molecule has 9 nitrogen and oxygen atoms in total. The molecule has 4 aromatic rings. The Balaban J connectivity index is 1.44. The Kier molecular flexibility index (Phi) is 11.7. The summed E-state index contributed by atoms with van der Waals surface area (Å²) < 4.78 is 5.53. The maximum Gasteiger partial charge on any atom is 0.330 e. The van der Waals surface area contributed by atoms with Gasteiger partial charge in [0.15, 0.2) is 0 Å². The molecule has 0 saturated carbocycles. The molecular weight excluding hydrogens is 580 g/mol. The zero-order valence-electron chi connectivity index (χ0n) is 26.6. The quantitative estimate of drug-likeness (QED) is 0.188. The number of aryl methyl sites for hydroxylation is 3. The van der Waals surface area contributed by atoms with Crippen LogP contribution in [0, 0.1) is 20.8 Å². The molecule has 0 fully saturated rings. The summed E-state index contributed by atoms with van der Waals surface area (Å²) in [7, 11) is 1.65. The van der Waals surface area contributed by atoms with Gasteiger partial charge in [-0.25, -0.2) is 9.59 Å². The summed E-state index contributed by atoms with van der Waals surface area (Å²) in [5.41, 5.74) is 5.73. The number of urea groups is 1. The van der Waals surface area contributed by atoms with Crippen LogP contribution in [0.2, 0.25) is 0 Å². The number of esters is 1. The number of rotatable bonds is 12. The highest BCUT2D eigenvalue weighted by molar-refractivity contribution is 6.01. The molecule has 0 heterocycles. The van der Waals surface area contributed by atoms with Crippen LogP contribution in [-0.4, -0.2) is 48.3 Å². The molecule has 3 N–H and O–H groups in total. The van der Waals surface area contributed by atoms with Crippen LogP contribution in [0.1, 0.15) is 54.1 Å². The van der Waals surface area contributed by atoms with Gasteiger partial charge in [-0.1, -0.05) is 90.5 Å². The average Bonchev–Trinajstić information content (AvgIpc) is 3.04. The van der Waals surface area contributed by atoms with Gasteiger partial charge >= 0.3 is 12.0 Å². The number of amides is 4. The first-order chi connectivity index (χ1) is 22.1. The molecule has 0 bridgehead atoms. The second-order valence-corrected chi connectivity index (χ2v) is 11.3. The lowest BCUT2D eigenvalue weighted by atomic mass is 9.98. The summed E-state index contributed by atoms with van der Waals surface area (Å²) in [4.78, 5) is 54.1. The summed E-state index contributed by atoms with van der Waals surface area (Å²) in [6.07, 6.45) is 0. The smallest absolute Gasteiger partial charge is 0.330 e. The van der Waals surface area contributed by atoms with Crippen LogP contribution >= 0.6 is 0 Å². The summed E-state index contributed by atoms with van der Waals surface area (Å²) in [5.74, 6) is -1.47. The van der Waals surface area contributed by atoms with E-state index in [4.69, 9.17) is 4.74 Å². The van der Waals surface area contributed by atoms with Crippen molar-refractivity contribution in [1.29, 1.82) is 0 Å². The molecule has 0 aliphatic heterocycles. The maximum absolute atomic E-state index is 13.6. The van der Waals surface area contributed by atoms with Gasteiger partial charge < -0.3 is 25.6 Å². The monoisotopic (exact) mass is 620 g/mol. The first-order valence-electron chi connectivity index (χ1n) is 15.1. The molecule has 0 aromatic heterocycles. The van der Waals surface area contributed by atoms with Crippen molar-refractivity contribution in [3.63, 3.8) is 0 Å². The van der Waals surface area contributed by atoms with Crippen molar-refractivity contribution in [1.82, 2.24) is 20.9 Å². The van der Waals surface area contributed by atoms with Crippen LogP contribution in [0.25, 0.3) is 0 Å². The Morgan fingerprint density at radius 3 is 1.96 bits per heavy atom. The normalized spacial score (nSPS) is 11.2. The van der Waals surface area contributed by atoms with Gasteiger partial charge in [0.05, 0.1) is 6.54 Å². The van der Waals surface area contributed by atoms with Crippen molar-refractivity contribution in [3.8, 4) is 0 Å². The number of nitrogens with zero attached hydrogens (tertiary/aromatic N) is 1. The van der Waals surface area contributed by atoms with Crippen LogP contribution in [0.15, 0.2) is 97.1 Å². The van der Waals surface area contributed by atoms with Gasteiger partial charge in [0, 0.05) is 31.3 Å². The molecule has 0 spiro atoms. The average molecular weight is 621 g/mol. The first kappa shape index (κ1) is 33.5. The molecule has 9 heteroatoms. The number of ether oxygens (including phenoxy) is 1. The van der Waals surface area contributed by atoms with E-state index >= 15 is 0 Å². The minimum Gasteiger partial charge on any atom is -0.459 e. The van der Waals surface area contributed by atoms with E-state index in [2.05, 4.69) is 16.0 Å². The fourth-order valence-electron chi connectivity index (χ4n) is 5.07. The summed E-state index contributed by atoms with van der Waals surface area (Å²) in [6.45, 7) is 6.04. The highest BCUT2D eigenvalue weighted by atomic mass is 16.5. The number of hydrogen-bond donors (Lipinski definition) is 3. The fraction of sp³-hybridized carbons (Fsp3) is 0.243. The van der Waals surface area contributed by atoms with E-state index in [1.54, 1.807) is 33.0 Å². The Hall–Kier alpha value is -5.44. The lowest BCUT2D eigenvalue weighted by Crippen LogP contribution is -2.51. The van der Waals surface area contributed by atoms with Crippen molar-refractivity contribution < 1.29 is 23.9 Å². The van der Waals surface area contributed by atoms with E-state index in [9.17, 15) is 19.2 Å². The highest BCUT2D eigenvalue weighted by Crippen LogP contribution is 2.18.